The summed E-state index contributed by atoms with van der Waals surface area (Å²) in [7, 11) is 0. The van der Waals surface area contributed by atoms with Crippen LogP contribution in [0.4, 0.5) is 0 Å². The smallest absolute Gasteiger partial charge is 0.0408 e. The normalized spacial score (nSPS) is 10.9. The minimum absolute atomic E-state index is 0.558. The van der Waals surface area contributed by atoms with Crippen LogP contribution in [0.25, 0.3) is 0 Å². The van der Waals surface area contributed by atoms with E-state index < -0.39 is 0 Å². The van der Waals surface area contributed by atoms with Crippen molar-refractivity contribution in [3.05, 3.63) is 34.3 Å². The van der Waals surface area contributed by atoms with Crippen molar-refractivity contribution in [2.75, 3.05) is 6.54 Å². The lowest BCUT2D eigenvalue weighted by atomic mass is 10.1. The van der Waals surface area contributed by atoms with Gasteiger partial charge in [0.05, 0.1) is 0 Å². The molecule has 0 spiro atoms. The van der Waals surface area contributed by atoms with Crippen LogP contribution in [0, 0.1) is 6.92 Å². The van der Waals surface area contributed by atoms with Gasteiger partial charge in [0.25, 0.3) is 0 Å². The third kappa shape index (κ3) is 3.69. The van der Waals surface area contributed by atoms with Crippen LogP contribution in [-0.2, 0) is 6.42 Å². The van der Waals surface area contributed by atoms with E-state index in [1.165, 1.54) is 11.1 Å². The molecule has 0 amide bonds. The van der Waals surface area contributed by atoms with E-state index in [1.54, 1.807) is 0 Å². The van der Waals surface area contributed by atoms with E-state index in [0.29, 0.717) is 6.04 Å². The summed E-state index contributed by atoms with van der Waals surface area (Å²) in [5.74, 6) is 0. The van der Waals surface area contributed by atoms with Crippen LogP contribution in [0.2, 0.25) is 5.02 Å². The van der Waals surface area contributed by atoms with E-state index in [2.05, 4.69) is 32.2 Å². The average molecular weight is 212 g/mol. The summed E-state index contributed by atoms with van der Waals surface area (Å²) in [6.07, 6.45) is 1.07. The Morgan fingerprint density at radius 1 is 1.36 bits per heavy atom. The van der Waals surface area contributed by atoms with Gasteiger partial charge < -0.3 is 5.32 Å². The maximum Gasteiger partial charge on any atom is 0.0408 e. The molecule has 0 atom stereocenters. The van der Waals surface area contributed by atoms with Crippen LogP contribution < -0.4 is 5.32 Å². The molecule has 1 aromatic carbocycles. The Balaban J connectivity index is 2.51. The lowest BCUT2D eigenvalue weighted by Crippen LogP contribution is -2.25. The van der Waals surface area contributed by atoms with E-state index in [4.69, 9.17) is 11.6 Å². The molecule has 0 aromatic heterocycles. The van der Waals surface area contributed by atoms with Gasteiger partial charge in [-0.1, -0.05) is 31.5 Å². The van der Waals surface area contributed by atoms with Crippen molar-refractivity contribution in [1.29, 1.82) is 0 Å². The van der Waals surface area contributed by atoms with Crippen molar-refractivity contribution in [2.45, 2.75) is 33.2 Å². The summed E-state index contributed by atoms with van der Waals surface area (Å²) in [5, 5.41) is 4.23. The predicted octanol–water partition coefficient (Wildman–Crippen LogP) is 3.19. The monoisotopic (exact) mass is 211 g/mol. The molecular formula is C12H18ClN. The summed E-state index contributed by atoms with van der Waals surface area (Å²) < 4.78 is 0. The molecule has 0 aliphatic rings. The van der Waals surface area contributed by atoms with Gasteiger partial charge in [-0.3, -0.25) is 0 Å². The Bertz CT molecular complexity index is 294. The SMILES string of the molecule is Cc1cc(Cl)ccc1CCNC(C)C. The Morgan fingerprint density at radius 2 is 2.07 bits per heavy atom. The number of hydrogen-bond donors (Lipinski definition) is 1. The van der Waals surface area contributed by atoms with Crippen molar-refractivity contribution in [2.24, 2.45) is 0 Å². The second kappa shape index (κ2) is 5.38. The van der Waals surface area contributed by atoms with E-state index in [-0.39, 0.29) is 0 Å². The first-order chi connectivity index (χ1) is 6.59. The molecule has 0 fully saturated rings. The average Bonchev–Trinajstić information content (AvgIpc) is 2.08. The zero-order valence-corrected chi connectivity index (χ0v) is 9.86. The first-order valence-corrected chi connectivity index (χ1v) is 5.46. The summed E-state index contributed by atoms with van der Waals surface area (Å²) in [6, 6.07) is 6.65. The Morgan fingerprint density at radius 3 is 2.64 bits per heavy atom. The minimum Gasteiger partial charge on any atom is -0.314 e. The molecule has 0 bridgehead atoms. The van der Waals surface area contributed by atoms with E-state index in [1.807, 2.05) is 12.1 Å². The zero-order valence-electron chi connectivity index (χ0n) is 9.10. The first-order valence-electron chi connectivity index (χ1n) is 5.08. The van der Waals surface area contributed by atoms with Gasteiger partial charge in [0.2, 0.25) is 0 Å². The van der Waals surface area contributed by atoms with Crippen molar-refractivity contribution < 1.29 is 0 Å². The number of nitrogens with one attached hydrogen (secondary N) is 1. The highest BCUT2D eigenvalue weighted by Gasteiger charge is 1.99. The quantitative estimate of drug-likeness (QED) is 0.807. The molecule has 0 unspecified atom stereocenters. The van der Waals surface area contributed by atoms with Crippen LogP contribution >= 0.6 is 11.6 Å². The van der Waals surface area contributed by atoms with Gasteiger partial charge in [0.15, 0.2) is 0 Å². The second-order valence-electron chi connectivity index (χ2n) is 3.93. The molecule has 0 saturated carbocycles. The number of rotatable bonds is 4. The molecule has 0 aliphatic carbocycles. The summed E-state index contributed by atoms with van der Waals surface area (Å²) >= 11 is 5.89. The van der Waals surface area contributed by atoms with Gasteiger partial charge in [-0.25, -0.2) is 0 Å². The molecule has 14 heavy (non-hydrogen) atoms. The fourth-order valence-electron chi connectivity index (χ4n) is 1.44. The van der Waals surface area contributed by atoms with Crippen molar-refractivity contribution in [1.82, 2.24) is 5.32 Å². The Hall–Kier alpha value is -0.530. The van der Waals surface area contributed by atoms with Gasteiger partial charge in [-0.15, -0.1) is 0 Å². The molecule has 0 saturated heterocycles. The summed E-state index contributed by atoms with van der Waals surface area (Å²) in [4.78, 5) is 0. The molecule has 1 N–H and O–H groups in total. The molecule has 1 rings (SSSR count). The number of halogens is 1. The first kappa shape index (κ1) is 11.5. The molecule has 1 aromatic rings. The predicted molar refractivity (Wildman–Crippen MR) is 63.0 cm³/mol. The van der Waals surface area contributed by atoms with E-state index >= 15 is 0 Å². The molecule has 0 aliphatic heterocycles. The lowest BCUT2D eigenvalue weighted by molar-refractivity contribution is 0.590. The van der Waals surface area contributed by atoms with E-state index in [0.717, 1.165) is 18.0 Å². The number of benzene rings is 1. The number of hydrogen-bond acceptors (Lipinski definition) is 1. The van der Waals surface area contributed by atoms with Crippen molar-refractivity contribution in [3.8, 4) is 0 Å². The summed E-state index contributed by atoms with van der Waals surface area (Å²) in [5.41, 5.74) is 2.66. The lowest BCUT2D eigenvalue weighted by Gasteiger charge is -2.09. The van der Waals surface area contributed by atoms with Gasteiger partial charge in [-0.05, 0) is 43.1 Å². The van der Waals surface area contributed by atoms with Crippen LogP contribution in [0.5, 0.6) is 0 Å². The fourth-order valence-corrected chi connectivity index (χ4v) is 1.66. The highest BCUT2D eigenvalue weighted by Crippen LogP contribution is 2.15. The van der Waals surface area contributed by atoms with Gasteiger partial charge in [0, 0.05) is 11.1 Å². The molecular weight excluding hydrogens is 194 g/mol. The van der Waals surface area contributed by atoms with Crippen LogP contribution in [-0.4, -0.2) is 12.6 Å². The molecule has 78 valence electrons. The molecule has 1 nitrogen and oxygen atoms in total. The number of aryl methyl sites for hydroxylation is 1. The molecule has 2 heteroatoms. The highest BCUT2D eigenvalue weighted by atomic mass is 35.5. The van der Waals surface area contributed by atoms with Crippen LogP contribution in [0.1, 0.15) is 25.0 Å². The highest BCUT2D eigenvalue weighted by molar-refractivity contribution is 6.30. The topological polar surface area (TPSA) is 12.0 Å². The summed E-state index contributed by atoms with van der Waals surface area (Å²) in [6.45, 7) is 7.46. The maximum absolute atomic E-state index is 5.89. The zero-order chi connectivity index (χ0) is 10.6. The van der Waals surface area contributed by atoms with Gasteiger partial charge in [-0.2, -0.15) is 0 Å². The third-order valence-electron chi connectivity index (χ3n) is 2.25. The third-order valence-corrected chi connectivity index (χ3v) is 2.49. The van der Waals surface area contributed by atoms with Crippen molar-refractivity contribution in [3.63, 3.8) is 0 Å². The second-order valence-corrected chi connectivity index (χ2v) is 4.37. The van der Waals surface area contributed by atoms with Crippen molar-refractivity contribution >= 4 is 11.6 Å². The van der Waals surface area contributed by atoms with Crippen LogP contribution in [0.3, 0.4) is 0 Å². The van der Waals surface area contributed by atoms with Gasteiger partial charge >= 0.3 is 0 Å². The molecule has 0 radical (unpaired) electrons. The van der Waals surface area contributed by atoms with E-state index in [9.17, 15) is 0 Å². The Kier molecular flexibility index (Phi) is 4.43. The fraction of sp³-hybridized carbons (Fsp3) is 0.500. The standard InChI is InChI=1S/C12H18ClN/c1-9(2)14-7-6-11-4-5-12(13)8-10(11)3/h4-5,8-9,14H,6-7H2,1-3H3. The van der Waals surface area contributed by atoms with Crippen LogP contribution in [0.15, 0.2) is 18.2 Å². The Labute approximate surface area is 91.5 Å². The van der Waals surface area contributed by atoms with Gasteiger partial charge in [0.1, 0.15) is 0 Å². The maximum atomic E-state index is 5.89. The molecule has 0 heterocycles. The largest absolute Gasteiger partial charge is 0.314 e. The minimum atomic E-state index is 0.558.